The van der Waals surface area contributed by atoms with E-state index >= 15 is 8.78 Å². The van der Waals surface area contributed by atoms with E-state index in [2.05, 4.69) is 26.8 Å². The molecule has 1 aliphatic heterocycles. The van der Waals surface area contributed by atoms with Crippen molar-refractivity contribution in [3.05, 3.63) is 41.9 Å². The molecule has 4 unspecified atom stereocenters. The first-order valence-electron chi connectivity index (χ1n) is 20.8. The fraction of sp³-hybridized carbons (Fsp3) is 0.674. The molecule has 3 aromatic rings. The SMILES string of the molecule is CC(CC(=O)O)CC1CC(C)CC(CNC(=O)c2cnc(-c3cn(C4CCC(F)CC4)c4cc(O[C@H]5CC[C@H](N6CC(F)(F)C6)CC5)ccc34)nc2C(C)(F)F)C1. The number of hydrogen-bond acceptors (Lipinski definition) is 6. The predicted molar refractivity (Wildman–Crippen MR) is 206 cm³/mol. The molecule has 4 aliphatic rings. The van der Waals surface area contributed by atoms with Gasteiger partial charge in [-0.05, 0) is 113 Å². The summed E-state index contributed by atoms with van der Waals surface area (Å²) in [5.74, 6) is -5.95. The highest BCUT2D eigenvalue weighted by molar-refractivity contribution is 5.97. The van der Waals surface area contributed by atoms with E-state index in [1.165, 1.54) is 6.20 Å². The fourth-order valence-electron chi connectivity index (χ4n) is 10.2. The third-order valence-electron chi connectivity index (χ3n) is 12.8. The van der Waals surface area contributed by atoms with E-state index in [0.29, 0.717) is 60.8 Å². The second kappa shape index (κ2) is 16.8. The number of carboxylic acid groups (broad SMARTS) is 1. The van der Waals surface area contributed by atoms with Crippen LogP contribution in [-0.2, 0) is 10.7 Å². The van der Waals surface area contributed by atoms with Crippen LogP contribution >= 0.6 is 0 Å². The molecule has 4 atom stereocenters. The Morgan fingerprint density at radius 2 is 1.70 bits per heavy atom. The molecular formula is C43H56F5N5O4. The van der Waals surface area contributed by atoms with Crippen LogP contribution in [0.1, 0.15) is 126 Å². The number of nitrogens with zero attached hydrogens (tertiary/aromatic N) is 4. The van der Waals surface area contributed by atoms with Gasteiger partial charge in [-0.15, -0.1) is 0 Å². The van der Waals surface area contributed by atoms with Gasteiger partial charge in [-0.3, -0.25) is 14.5 Å². The second-order valence-electron chi connectivity index (χ2n) is 17.9. The van der Waals surface area contributed by atoms with Gasteiger partial charge in [0.2, 0.25) is 0 Å². The number of carbonyl (C=O) groups is 2. The topological polar surface area (TPSA) is 110 Å². The average molecular weight is 802 g/mol. The molecule has 312 valence electrons. The molecule has 0 bridgehead atoms. The summed E-state index contributed by atoms with van der Waals surface area (Å²) in [6, 6.07) is 5.71. The molecule has 2 aromatic heterocycles. The monoisotopic (exact) mass is 801 g/mol. The zero-order chi connectivity index (χ0) is 40.6. The van der Waals surface area contributed by atoms with Crippen LogP contribution in [0.3, 0.4) is 0 Å². The normalized spacial score (nSPS) is 28.7. The lowest BCUT2D eigenvalue weighted by Gasteiger charge is -2.46. The van der Waals surface area contributed by atoms with E-state index in [0.717, 1.165) is 63.8 Å². The van der Waals surface area contributed by atoms with Crippen LogP contribution in [0.5, 0.6) is 5.75 Å². The predicted octanol–water partition coefficient (Wildman–Crippen LogP) is 9.59. The van der Waals surface area contributed by atoms with Gasteiger partial charge in [-0.2, -0.15) is 8.78 Å². The Balaban J connectivity index is 1.09. The Bertz CT molecular complexity index is 1890. The highest BCUT2D eigenvalue weighted by Gasteiger charge is 2.47. The number of aliphatic carboxylic acids is 1. The van der Waals surface area contributed by atoms with Gasteiger partial charge >= 0.3 is 5.97 Å². The van der Waals surface area contributed by atoms with Crippen molar-refractivity contribution < 1.29 is 41.4 Å². The average Bonchev–Trinajstić information content (AvgIpc) is 3.51. The summed E-state index contributed by atoms with van der Waals surface area (Å²) in [5, 5.41) is 12.8. The minimum atomic E-state index is -3.45. The smallest absolute Gasteiger partial charge is 0.303 e. The zero-order valence-electron chi connectivity index (χ0n) is 33.2. The van der Waals surface area contributed by atoms with E-state index in [1.807, 2.05) is 36.2 Å². The molecule has 57 heavy (non-hydrogen) atoms. The van der Waals surface area contributed by atoms with Gasteiger partial charge in [0.1, 0.15) is 17.6 Å². The van der Waals surface area contributed by atoms with Gasteiger partial charge in [-0.25, -0.2) is 23.1 Å². The summed E-state index contributed by atoms with van der Waals surface area (Å²) in [6.45, 7) is 4.76. The number of alkyl halides is 5. The molecule has 2 N–H and O–H groups in total. The molecular weight excluding hydrogens is 745 g/mol. The third-order valence-corrected chi connectivity index (χ3v) is 12.8. The largest absolute Gasteiger partial charge is 0.490 e. The molecule has 1 aromatic carbocycles. The van der Waals surface area contributed by atoms with Crippen molar-refractivity contribution in [1.82, 2.24) is 24.8 Å². The summed E-state index contributed by atoms with van der Waals surface area (Å²) in [5.41, 5.74) is 0.343. The quantitative estimate of drug-likeness (QED) is 0.166. The minimum absolute atomic E-state index is 0.0341. The lowest BCUT2D eigenvalue weighted by atomic mass is 9.73. The van der Waals surface area contributed by atoms with Crippen molar-refractivity contribution in [3.63, 3.8) is 0 Å². The standard InChI is InChI=1S/C43H56F5N5O4/c1-25-14-27(15-26(2)17-38(54)55)18-28(16-25)20-50-41(56)35-21-49-40(51-39(35)42(3,45)46)36-22-53(31-6-4-29(44)5-7-31)37-19-33(12-13-34(36)37)57-32-10-8-30(9-11-32)52-23-43(47,48)24-52/h12-13,19,21-22,25-32H,4-11,14-18,20,23-24H2,1-3H3,(H,50,56)(H,54,55)/t25?,26?,27?,28?,29?,30-,31?,32-. The summed E-state index contributed by atoms with van der Waals surface area (Å²) in [6.07, 6.45) is 10.8. The maximum Gasteiger partial charge on any atom is 0.303 e. The van der Waals surface area contributed by atoms with E-state index in [1.54, 1.807) is 0 Å². The number of rotatable bonds is 13. The highest BCUT2D eigenvalue weighted by atomic mass is 19.3. The molecule has 3 heterocycles. The fourth-order valence-corrected chi connectivity index (χ4v) is 10.2. The van der Waals surface area contributed by atoms with E-state index in [-0.39, 0.29) is 60.9 Å². The Morgan fingerprint density at radius 1 is 1.02 bits per heavy atom. The zero-order valence-corrected chi connectivity index (χ0v) is 33.2. The van der Waals surface area contributed by atoms with Gasteiger partial charge in [-0.1, -0.05) is 13.8 Å². The van der Waals surface area contributed by atoms with E-state index in [4.69, 9.17) is 4.74 Å². The Morgan fingerprint density at radius 3 is 2.37 bits per heavy atom. The Labute approximate surface area is 331 Å². The number of benzene rings is 1. The number of hydrogen-bond donors (Lipinski definition) is 2. The van der Waals surface area contributed by atoms with Crippen molar-refractivity contribution in [2.45, 2.75) is 140 Å². The number of aromatic nitrogens is 3. The minimum Gasteiger partial charge on any atom is -0.490 e. The summed E-state index contributed by atoms with van der Waals surface area (Å²) in [7, 11) is 0. The molecule has 3 aliphatic carbocycles. The second-order valence-corrected chi connectivity index (χ2v) is 17.9. The molecule has 0 spiro atoms. The molecule has 1 saturated heterocycles. The van der Waals surface area contributed by atoms with Crippen molar-refractivity contribution in [2.24, 2.45) is 23.7 Å². The van der Waals surface area contributed by atoms with Crippen LogP contribution in [0.25, 0.3) is 22.3 Å². The molecule has 7 rings (SSSR count). The number of ether oxygens (including phenoxy) is 1. The number of halogens is 5. The van der Waals surface area contributed by atoms with Crippen LogP contribution < -0.4 is 10.1 Å². The number of amides is 1. The first kappa shape index (κ1) is 41.4. The Hall–Kier alpha value is -3.81. The summed E-state index contributed by atoms with van der Waals surface area (Å²) < 4.78 is 80.3. The Kier molecular flexibility index (Phi) is 12.2. The molecule has 3 saturated carbocycles. The van der Waals surface area contributed by atoms with E-state index < -0.39 is 35.6 Å². The maximum atomic E-state index is 15.3. The van der Waals surface area contributed by atoms with Crippen LogP contribution in [0, 0.1) is 23.7 Å². The van der Waals surface area contributed by atoms with Gasteiger partial charge in [0, 0.05) is 61.4 Å². The molecule has 0 radical (unpaired) electrons. The van der Waals surface area contributed by atoms with Crippen molar-refractivity contribution >= 4 is 22.8 Å². The summed E-state index contributed by atoms with van der Waals surface area (Å²) >= 11 is 0. The number of fused-ring (bicyclic) bond motifs is 1. The van der Waals surface area contributed by atoms with Gasteiger partial charge in [0.05, 0.1) is 30.3 Å². The first-order chi connectivity index (χ1) is 27.0. The van der Waals surface area contributed by atoms with Crippen molar-refractivity contribution in [1.29, 1.82) is 0 Å². The number of carbonyl (C=O) groups excluding carboxylic acids is 1. The van der Waals surface area contributed by atoms with Crippen molar-refractivity contribution in [2.75, 3.05) is 19.6 Å². The van der Waals surface area contributed by atoms with Gasteiger partial charge in [0.15, 0.2) is 5.82 Å². The maximum absolute atomic E-state index is 15.3. The van der Waals surface area contributed by atoms with Crippen LogP contribution in [0.15, 0.2) is 30.6 Å². The van der Waals surface area contributed by atoms with Gasteiger partial charge in [0.25, 0.3) is 17.8 Å². The molecule has 1 amide bonds. The van der Waals surface area contributed by atoms with Crippen LogP contribution in [0.2, 0.25) is 0 Å². The lowest BCUT2D eigenvalue weighted by molar-refractivity contribution is -0.151. The number of nitrogens with one attached hydrogen (secondary N) is 1. The third kappa shape index (κ3) is 9.91. The number of likely N-dealkylation sites (tertiary alicyclic amines) is 1. The van der Waals surface area contributed by atoms with Gasteiger partial charge < -0.3 is 19.7 Å². The van der Waals surface area contributed by atoms with Crippen LogP contribution in [0.4, 0.5) is 22.0 Å². The molecule has 4 fully saturated rings. The first-order valence-corrected chi connectivity index (χ1v) is 20.8. The van der Waals surface area contributed by atoms with Crippen molar-refractivity contribution in [3.8, 4) is 17.1 Å². The highest BCUT2D eigenvalue weighted by Crippen LogP contribution is 2.41. The lowest BCUT2D eigenvalue weighted by Crippen LogP contribution is -2.60. The number of carboxylic acids is 1. The summed E-state index contributed by atoms with van der Waals surface area (Å²) in [4.78, 5) is 35.4. The molecule has 9 nitrogen and oxygen atoms in total. The van der Waals surface area contributed by atoms with Crippen LogP contribution in [-0.4, -0.2) is 80.3 Å². The van der Waals surface area contributed by atoms with E-state index in [9.17, 15) is 27.9 Å². The molecule has 14 heteroatoms.